The van der Waals surface area contributed by atoms with Crippen molar-refractivity contribution in [3.8, 4) is 0 Å². The molecule has 0 radical (unpaired) electrons. The Morgan fingerprint density at radius 3 is 2.56 bits per heavy atom. The standard InChI is InChI=1S/C10H12Br2N2O3S/c11-6-3-8(12)10(9(13)4-6)18(16,17)14-2-1-7(15)5-14/h3-4,7,15H,1-2,5,13H2. The van der Waals surface area contributed by atoms with Gasteiger partial charge >= 0.3 is 0 Å². The summed E-state index contributed by atoms with van der Waals surface area (Å²) in [6, 6.07) is 3.18. The fourth-order valence-electron chi connectivity index (χ4n) is 1.91. The zero-order valence-electron chi connectivity index (χ0n) is 9.31. The number of β-amino-alcohol motifs (C(OH)–C–C–N with tert-alkyl or cyclic N) is 1. The topological polar surface area (TPSA) is 83.6 Å². The molecule has 5 nitrogen and oxygen atoms in total. The summed E-state index contributed by atoms with van der Waals surface area (Å²) in [4.78, 5) is 0.0554. The highest BCUT2D eigenvalue weighted by atomic mass is 79.9. The van der Waals surface area contributed by atoms with Crippen LogP contribution in [0.25, 0.3) is 0 Å². The SMILES string of the molecule is Nc1cc(Br)cc(Br)c1S(=O)(=O)N1CCC(O)C1. The molecule has 1 saturated heterocycles. The maximum Gasteiger partial charge on any atom is 0.246 e. The van der Waals surface area contributed by atoms with E-state index in [1.54, 1.807) is 12.1 Å². The Bertz CT molecular complexity index is 553. The number of hydrogen-bond donors (Lipinski definition) is 2. The minimum atomic E-state index is -3.67. The van der Waals surface area contributed by atoms with E-state index >= 15 is 0 Å². The van der Waals surface area contributed by atoms with Crippen LogP contribution in [0.3, 0.4) is 0 Å². The molecule has 0 amide bonds. The van der Waals surface area contributed by atoms with Crippen LogP contribution >= 0.6 is 31.9 Å². The van der Waals surface area contributed by atoms with Gasteiger partial charge in [-0.1, -0.05) is 15.9 Å². The molecule has 0 saturated carbocycles. The molecule has 1 unspecified atom stereocenters. The minimum absolute atomic E-state index is 0.0554. The molecule has 1 aliphatic rings. The van der Waals surface area contributed by atoms with Crippen LogP contribution in [-0.4, -0.2) is 37.0 Å². The number of rotatable bonds is 2. The second kappa shape index (κ2) is 5.09. The Kier molecular flexibility index (Phi) is 4.03. The first-order valence-corrected chi connectivity index (χ1v) is 8.27. The molecule has 1 aromatic carbocycles. The number of aliphatic hydroxyl groups is 1. The normalized spacial score (nSPS) is 21.4. The second-order valence-electron chi connectivity index (χ2n) is 4.11. The number of hydrogen-bond acceptors (Lipinski definition) is 4. The molecule has 100 valence electrons. The van der Waals surface area contributed by atoms with E-state index in [9.17, 15) is 13.5 Å². The zero-order chi connectivity index (χ0) is 13.5. The van der Waals surface area contributed by atoms with Gasteiger partial charge in [0.05, 0.1) is 11.8 Å². The van der Waals surface area contributed by atoms with Crippen molar-refractivity contribution in [1.82, 2.24) is 4.31 Å². The highest BCUT2D eigenvalue weighted by Gasteiger charge is 2.34. The molecule has 0 spiro atoms. The van der Waals surface area contributed by atoms with Crippen molar-refractivity contribution in [2.45, 2.75) is 17.4 Å². The summed E-state index contributed by atoms with van der Waals surface area (Å²) in [6.07, 6.45) is -0.150. The van der Waals surface area contributed by atoms with Crippen LogP contribution in [0.4, 0.5) is 5.69 Å². The first kappa shape index (κ1) is 14.3. The third-order valence-electron chi connectivity index (χ3n) is 2.76. The van der Waals surface area contributed by atoms with E-state index in [-0.39, 0.29) is 17.1 Å². The summed E-state index contributed by atoms with van der Waals surface area (Å²) >= 11 is 6.47. The van der Waals surface area contributed by atoms with Gasteiger partial charge in [0.15, 0.2) is 0 Å². The van der Waals surface area contributed by atoms with Gasteiger partial charge in [0.25, 0.3) is 0 Å². The van der Waals surface area contributed by atoms with E-state index in [0.29, 0.717) is 21.9 Å². The van der Waals surface area contributed by atoms with Crippen LogP contribution < -0.4 is 5.73 Å². The van der Waals surface area contributed by atoms with Gasteiger partial charge in [0.2, 0.25) is 10.0 Å². The number of benzene rings is 1. The quantitative estimate of drug-likeness (QED) is 0.739. The molecule has 0 aliphatic carbocycles. The van der Waals surface area contributed by atoms with Crippen molar-refractivity contribution in [3.05, 3.63) is 21.1 Å². The lowest BCUT2D eigenvalue weighted by atomic mass is 10.3. The number of aliphatic hydroxyl groups excluding tert-OH is 1. The average Bonchev–Trinajstić information content (AvgIpc) is 2.63. The van der Waals surface area contributed by atoms with Crippen LogP contribution in [0.5, 0.6) is 0 Å². The molecule has 1 fully saturated rings. The Morgan fingerprint density at radius 2 is 2.06 bits per heavy atom. The van der Waals surface area contributed by atoms with Gasteiger partial charge in [0, 0.05) is 22.0 Å². The maximum absolute atomic E-state index is 12.4. The molecule has 3 N–H and O–H groups in total. The maximum atomic E-state index is 12.4. The largest absolute Gasteiger partial charge is 0.398 e. The Hall–Kier alpha value is -0.150. The Labute approximate surface area is 122 Å². The summed E-state index contributed by atoms with van der Waals surface area (Å²) in [5.74, 6) is 0. The number of nitrogen functional groups attached to an aromatic ring is 1. The molecule has 0 aromatic heterocycles. The highest BCUT2D eigenvalue weighted by molar-refractivity contribution is 9.11. The number of nitrogens with zero attached hydrogens (tertiary/aromatic N) is 1. The summed E-state index contributed by atoms with van der Waals surface area (Å²) in [5.41, 5.74) is 5.96. The van der Waals surface area contributed by atoms with Crippen molar-refractivity contribution < 1.29 is 13.5 Å². The predicted molar refractivity (Wildman–Crippen MR) is 75.6 cm³/mol. The molecule has 1 aliphatic heterocycles. The summed E-state index contributed by atoms with van der Waals surface area (Å²) < 4.78 is 27.2. The smallest absolute Gasteiger partial charge is 0.246 e. The molecule has 0 bridgehead atoms. The van der Waals surface area contributed by atoms with Gasteiger partial charge in [-0.2, -0.15) is 4.31 Å². The Morgan fingerprint density at radius 1 is 1.39 bits per heavy atom. The summed E-state index contributed by atoms with van der Waals surface area (Å²) in [7, 11) is -3.67. The lowest BCUT2D eigenvalue weighted by molar-refractivity contribution is 0.189. The first-order valence-electron chi connectivity index (χ1n) is 5.25. The van der Waals surface area contributed by atoms with E-state index in [1.165, 1.54) is 4.31 Å². The van der Waals surface area contributed by atoms with Crippen LogP contribution in [-0.2, 0) is 10.0 Å². The van der Waals surface area contributed by atoms with Crippen molar-refractivity contribution in [1.29, 1.82) is 0 Å². The fraction of sp³-hybridized carbons (Fsp3) is 0.400. The first-order chi connectivity index (χ1) is 8.32. The average molecular weight is 400 g/mol. The van der Waals surface area contributed by atoms with E-state index < -0.39 is 16.1 Å². The predicted octanol–water partition coefficient (Wildman–Crippen LogP) is 1.55. The molecule has 2 rings (SSSR count). The third-order valence-corrected chi connectivity index (χ3v) is 6.09. The monoisotopic (exact) mass is 398 g/mol. The summed E-state index contributed by atoms with van der Waals surface area (Å²) in [5, 5.41) is 9.44. The highest BCUT2D eigenvalue weighted by Crippen LogP contribution is 2.34. The number of sulfonamides is 1. The minimum Gasteiger partial charge on any atom is -0.398 e. The summed E-state index contributed by atoms with van der Waals surface area (Å²) in [6.45, 7) is 0.426. The van der Waals surface area contributed by atoms with E-state index in [4.69, 9.17) is 5.73 Å². The van der Waals surface area contributed by atoms with Crippen molar-refractivity contribution in [2.75, 3.05) is 18.8 Å². The van der Waals surface area contributed by atoms with Gasteiger partial charge in [-0.15, -0.1) is 0 Å². The number of halogens is 2. The van der Waals surface area contributed by atoms with Crippen LogP contribution in [0.15, 0.2) is 26.0 Å². The van der Waals surface area contributed by atoms with E-state index in [2.05, 4.69) is 31.9 Å². The second-order valence-corrected chi connectivity index (χ2v) is 7.76. The van der Waals surface area contributed by atoms with Gasteiger partial charge in [0.1, 0.15) is 4.90 Å². The van der Waals surface area contributed by atoms with E-state index in [1.807, 2.05) is 0 Å². The lowest BCUT2D eigenvalue weighted by Crippen LogP contribution is -2.30. The molecule has 1 heterocycles. The Balaban J connectivity index is 2.48. The van der Waals surface area contributed by atoms with Gasteiger partial charge in [-0.25, -0.2) is 8.42 Å². The molecule has 18 heavy (non-hydrogen) atoms. The molecule has 1 aromatic rings. The molecular weight excluding hydrogens is 388 g/mol. The number of anilines is 1. The zero-order valence-corrected chi connectivity index (χ0v) is 13.3. The van der Waals surface area contributed by atoms with Crippen molar-refractivity contribution in [3.63, 3.8) is 0 Å². The van der Waals surface area contributed by atoms with Gasteiger partial charge in [-0.05, 0) is 34.5 Å². The fourth-order valence-corrected chi connectivity index (χ4v) is 5.42. The van der Waals surface area contributed by atoms with Crippen molar-refractivity contribution >= 4 is 47.6 Å². The molecule has 1 atom stereocenters. The van der Waals surface area contributed by atoms with E-state index in [0.717, 1.165) is 0 Å². The third kappa shape index (κ3) is 2.57. The van der Waals surface area contributed by atoms with Gasteiger partial charge < -0.3 is 10.8 Å². The van der Waals surface area contributed by atoms with Crippen molar-refractivity contribution in [2.24, 2.45) is 0 Å². The van der Waals surface area contributed by atoms with Gasteiger partial charge in [-0.3, -0.25) is 0 Å². The van der Waals surface area contributed by atoms with Crippen LogP contribution in [0.2, 0.25) is 0 Å². The van der Waals surface area contributed by atoms with Crippen LogP contribution in [0, 0.1) is 0 Å². The molecule has 8 heteroatoms. The lowest BCUT2D eigenvalue weighted by Gasteiger charge is -2.18. The van der Waals surface area contributed by atoms with Crippen LogP contribution in [0.1, 0.15) is 6.42 Å². The molecular formula is C10H12Br2N2O3S. The number of nitrogens with two attached hydrogens (primary N) is 1.